The molecule has 6 heteroatoms. The molecule has 6 nitrogen and oxygen atoms in total. The Kier molecular flexibility index (Phi) is 7.89. The molecule has 30 heavy (non-hydrogen) atoms. The number of aryl methyl sites for hydroxylation is 2. The van der Waals surface area contributed by atoms with Crippen molar-refractivity contribution in [2.45, 2.75) is 53.0 Å². The Morgan fingerprint density at radius 3 is 2.10 bits per heavy atom. The Labute approximate surface area is 181 Å². The summed E-state index contributed by atoms with van der Waals surface area (Å²) in [7, 11) is 0. The Bertz CT molecular complexity index is 722. The molecule has 0 radical (unpaired) electrons. The van der Waals surface area contributed by atoms with E-state index < -0.39 is 0 Å². The van der Waals surface area contributed by atoms with Gasteiger partial charge in [0.05, 0.1) is 13.1 Å². The molecule has 3 rings (SSSR count). The summed E-state index contributed by atoms with van der Waals surface area (Å²) in [6, 6.07) is 6.35. The lowest BCUT2D eigenvalue weighted by Gasteiger charge is -2.36. The molecule has 2 fully saturated rings. The number of piperazine rings is 1. The summed E-state index contributed by atoms with van der Waals surface area (Å²) in [5.41, 5.74) is 3.09. The van der Waals surface area contributed by atoms with Crippen LogP contribution in [-0.4, -0.2) is 66.9 Å². The van der Waals surface area contributed by atoms with Crippen molar-refractivity contribution in [3.05, 3.63) is 29.3 Å². The van der Waals surface area contributed by atoms with E-state index in [0.29, 0.717) is 31.0 Å². The predicted molar refractivity (Wildman–Crippen MR) is 122 cm³/mol. The number of carbonyl (C=O) groups is 2. The average Bonchev–Trinajstić information content (AvgIpc) is 2.70. The van der Waals surface area contributed by atoms with Crippen molar-refractivity contribution in [2.75, 3.05) is 44.6 Å². The second-order valence-corrected chi connectivity index (χ2v) is 9.31. The van der Waals surface area contributed by atoms with Crippen molar-refractivity contribution in [3.8, 4) is 0 Å². The van der Waals surface area contributed by atoms with Gasteiger partial charge in [-0.1, -0.05) is 44.9 Å². The molecule has 1 aliphatic carbocycles. The first-order chi connectivity index (χ1) is 14.3. The van der Waals surface area contributed by atoms with E-state index >= 15 is 0 Å². The van der Waals surface area contributed by atoms with Crippen molar-refractivity contribution < 1.29 is 9.59 Å². The molecular weight excluding hydrogens is 376 g/mol. The normalized spacial score (nSPS) is 25.7. The zero-order chi connectivity index (χ0) is 21.7. The van der Waals surface area contributed by atoms with Gasteiger partial charge in [-0.2, -0.15) is 0 Å². The summed E-state index contributed by atoms with van der Waals surface area (Å²) in [4.78, 5) is 29.4. The highest BCUT2D eigenvalue weighted by Crippen LogP contribution is 2.29. The minimum absolute atomic E-state index is 0.0269. The van der Waals surface area contributed by atoms with Gasteiger partial charge < -0.3 is 10.6 Å². The fraction of sp³-hybridized carbons (Fsp3) is 0.667. The van der Waals surface area contributed by atoms with Gasteiger partial charge in [0.15, 0.2) is 0 Å². The van der Waals surface area contributed by atoms with Crippen LogP contribution in [-0.2, 0) is 9.59 Å². The lowest BCUT2D eigenvalue weighted by Crippen LogP contribution is -2.52. The number of benzene rings is 1. The molecule has 3 atom stereocenters. The number of anilines is 1. The van der Waals surface area contributed by atoms with Gasteiger partial charge in [-0.3, -0.25) is 19.4 Å². The van der Waals surface area contributed by atoms with Crippen LogP contribution in [0.4, 0.5) is 5.69 Å². The van der Waals surface area contributed by atoms with Crippen LogP contribution in [0, 0.1) is 25.7 Å². The topological polar surface area (TPSA) is 64.7 Å². The highest BCUT2D eigenvalue weighted by molar-refractivity contribution is 5.93. The van der Waals surface area contributed by atoms with Crippen LogP contribution in [0.2, 0.25) is 0 Å². The lowest BCUT2D eigenvalue weighted by molar-refractivity contribution is -0.124. The SMILES string of the molecule is Cc1cccc(C)c1NC(=O)CN1CCN(CC(=O)N[C@@H]2CCC[C@@H](C)[C@@H]2C)CC1. The molecule has 1 heterocycles. The summed E-state index contributed by atoms with van der Waals surface area (Å²) in [6.45, 7) is 12.7. The molecule has 2 amide bonds. The van der Waals surface area contributed by atoms with Gasteiger partial charge in [0.25, 0.3) is 0 Å². The van der Waals surface area contributed by atoms with Crippen LogP contribution in [0.5, 0.6) is 0 Å². The van der Waals surface area contributed by atoms with E-state index in [1.54, 1.807) is 0 Å². The molecule has 2 N–H and O–H groups in total. The fourth-order valence-corrected chi connectivity index (χ4v) is 4.74. The van der Waals surface area contributed by atoms with E-state index in [1.807, 2.05) is 32.0 Å². The second kappa shape index (κ2) is 10.4. The molecule has 0 spiro atoms. The summed E-state index contributed by atoms with van der Waals surface area (Å²) < 4.78 is 0. The Morgan fingerprint density at radius 2 is 1.50 bits per heavy atom. The highest BCUT2D eigenvalue weighted by atomic mass is 16.2. The molecular formula is C24H38N4O2. The largest absolute Gasteiger partial charge is 0.352 e. The Hall–Kier alpha value is -1.92. The highest BCUT2D eigenvalue weighted by Gasteiger charge is 2.29. The van der Waals surface area contributed by atoms with E-state index in [4.69, 9.17) is 0 Å². The molecule has 1 aromatic rings. The summed E-state index contributed by atoms with van der Waals surface area (Å²) in [6.07, 6.45) is 3.58. The van der Waals surface area contributed by atoms with Crippen LogP contribution in [0.3, 0.4) is 0 Å². The van der Waals surface area contributed by atoms with Crippen molar-refractivity contribution >= 4 is 17.5 Å². The maximum atomic E-state index is 12.5. The van der Waals surface area contributed by atoms with Gasteiger partial charge in [0.1, 0.15) is 0 Å². The van der Waals surface area contributed by atoms with Crippen LogP contribution in [0.15, 0.2) is 18.2 Å². The minimum atomic E-state index is 0.0269. The first-order valence-electron chi connectivity index (χ1n) is 11.4. The first kappa shape index (κ1) is 22.8. The Morgan fingerprint density at radius 1 is 0.933 bits per heavy atom. The van der Waals surface area contributed by atoms with Gasteiger partial charge in [-0.05, 0) is 43.2 Å². The zero-order valence-electron chi connectivity index (χ0n) is 19.0. The zero-order valence-corrected chi connectivity index (χ0v) is 19.0. The standard InChI is InChI=1S/C24H38N4O2/c1-17-7-6-10-21(20(17)4)25-22(29)15-27-11-13-28(14-12-27)16-23(30)26-24-18(2)8-5-9-19(24)3/h5,8-9,17,20-21H,6-7,10-16H2,1-4H3,(H,25,29)(H,26,30)/t17-,20+,21-/m1/s1. The van der Waals surface area contributed by atoms with Gasteiger partial charge in [-0.25, -0.2) is 0 Å². The van der Waals surface area contributed by atoms with E-state index in [1.165, 1.54) is 12.8 Å². The van der Waals surface area contributed by atoms with Gasteiger partial charge in [-0.15, -0.1) is 0 Å². The Balaban J connectivity index is 1.39. The summed E-state index contributed by atoms with van der Waals surface area (Å²) in [5.74, 6) is 1.40. The van der Waals surface area contributed by atoms with Gasteiger partial charge in [0, 0.05) is 37.9 Å². The van der Waals surface area contributed by atoms with E-state index in [-0.39, 0.29) is 11.8 Å². The van der Waals surface area contributed by atoms with Crippen molar-refractivity contribution in [1.29, 1.82) is 0 Å². The van der Waals surface area contributed by atoms with Gasteiger partial charge >= 0.3 is 0 Å². The number of hydrogen-bond acceptors (Lipinski definition) is 4. The minimum Gasteiger partial charge on any atom is -0.352 e. The molecule has 1 aliphatic heterocycles. The molecule has 1 saturated carbocycles. The number of nitrogens with one attached hydrogen (secondary N) is 2. The molecule has 1 aromatic carbocycles. The maximum Gasteiger partial charge on any atom is 0.238 e. The fourth-order valence-electron chi connectivity index (χ4n) is 4.74. The van der Waals surface area contributed by atoms with Crippen LogP contribution in [0.1, 0.15) is 44.2 Å². The molecule has 0 unspecified atom stereocenters. The lowest BCUT2D eigenvalue weighted by atomic mass is 9.78. The van der Waals surface area contributed by atoms with Crippen molar-refractivity contribution in [2.24, 2.45) is 11.8 Å². The maximum absolute atomic E-state index is 12.5. The number of para-hydroxylation sites is 1. The number of nitrogens with zero attached hydrogens (tertiary/aromatic N) is 2. The number of amides is 2. The summed E-state index contributed by atoms with van der Waals surface area (Å²) in [5, 5.41) is 6.33. The molecule has 0 aromatic heterocycles. The number of hydrogen-bond donors (Lipinski definition) is 2. The summed E-state index contributed by atoms with van der Waals surface area (Å²) >= 11 is 0. The molecule has 1 saturated heterocycles. The first-order valence-corrected chi connectivity index (χ1v) is 11.4. The molecule has 0 bridgehead atoms. The second-order valence-electron chi connectivity index (χ2n) is 9.31. The third kappa shape index (κ3) is 6.05. The third-order valence-corrected chi connectivity index (χ3v) is 7.00. The monoisotopic (exact) mass is 414 g/mol. The quantitative estimate of drug-likeness (QED) is 0.751. The molecule has 166 valence electrons. The predicted octanol–water partition coefficient (Wildman–Crippen LogP) is 2.80. The van der Waals surface area contributed by atoms with E-state index in [9.17, 15) is 9.59 Å². The van der Waals surface area contributed by atoms with E-state index in [0.717, 1.165) is 49.4 Å². The smallest absolute Gasteiger partial charge is 0.238 e. The van der Waals surface area contributed by atoms with Gasteiger partial charge in [0.2, 0.25) is 11.8 Å². The van der Waals surface area contributed by atoms with Crippen LogP contribution in [0.25, 0.3) is 0 Å². The number of carbonyl (C=O) groups excluding carboxylic acids is 2. The van der Waals surface area contributed by atoms with Crippen LogP contribution >= 0.6 is 0 Å². The van der Waals surface area contributed by atoms with Crippen molar-refractivity contribution in [3.63, 3.8) is 0 Å². The van der Waals surface area contributed by atoms with E-state index in [2.05, 4.69) is 34.3 Å². The van der Waals surface area contributed by atoms with Crippen molar-refractivity contribution in [1.82, 2.24) is 15.1 Å². The third-order valence-electron chi connectivity index (χ3n) is 7.00. The number of rotatable bonds is 6. The van der Waals surface area contributed by atoms with Crippen LogP contribution < -0.4 is 10.6 Å². The molecule has 2 aliphatic rings. The average molecular weight is 415 g/mol.